The second kappa shape index (κ2) is 7.90. The first-order valence-electron chi connectivity index (χ1n) is 8.34. The van der Waals surface area contributed by atoms with Crippen molar-refractivity contribution in [1.82, 2.24) is 0 Å². The number of fused-ring (bicyclic) bond motifs is 1. The van der Waals surface area contributed by atoms with Gasteiger partial charge in [0.25, 0.3) is 5.69 Å². The van der Waals surface area contributed by atoms with Gasteiger partial charge in [-0.3, -0.25) is 19.7 Å². The highest BCUT2D eigenvalue weighted by molar-refractivity contribution is 6.15. The molecule has 2 unspecified atom stereocenters. The van der Waals surface area contributed by atoms with Crippen molar-refractivity contribution in [2.24, 2.45) is 11.7 Å². The summed E-state index contributed by atoms with van der Waals surface area (Å²) in [7, 11) is 0. The van der Waals surface area contributed by atoms with Crippen molar-refractivity contribution < 1.29 is 14.5 Å². The Morgan fingerprint density at radius 2 is 2.00 bits per heavy atom. The molecular formula is C17H23N3O4. The summed E-state index contributed by atoms with van der Waals surface area (Å²) in [6.45, 7) is 2.14. The predicted molar refractivity (Wildman–Crippen MR) is 90.9 cm³/mol. The molecule has 2 rings (SSSR count). The molecule has 0 aliphatic carbocycles. The number of nitrogens with two attached hydrogens (primary N) is 1. The summed E-state index contributed by atoms with van der Waals surface area (Å²) in [5.41, 5.74) is 5.94. The molecule has 1 aromatic rings. The monoisotopic (exact) mass is 333 g/mol. The van der Waals surface area contributed by atoms with Crippen molar-refractivity contribution in [3.05, 3.63) is 33.9 Å². The van der Waals surface area contributed by atoms with Crippen molar-refractivity contribution in [3.63, 3.8) is 0 Å². The molecule has 24 heavy (non-hydrogen) atoms. The quantitative estimate of drug-likeness (QED) is 0.328. The van der Waals surface area contributed by atoms with Gasteiger partial charge in [-0.2, -0.15) is 0 Å². The first-order chi connectivity index (χ1) is 11.5. The molecule has 0 aromatic heterocycles. The molecule has 1 aliphatic heterocycles. The lowest BCUT2D eigenvalue weighted by Gasteiger charge is -2.31. The molecule has 130 valence electrons. The number of nitrogens with one attached hydrogen (secondary N) is 1. The van der Waals surface area contributed by atoms with Gasteiger partial charge in [-0.05, 0) is 12.5 Å². The number of hydrogen-bond acceptors (Lipinski definition) is 5. The SMILES string of the molecule is CCCCCCCC1Nc2ccc([N+](=O)[O-])cc2C(=O)C1C(N)=O. The molecule has 0 radical (unpaired) electrons. The Morgan fingerprint density at radius 1 is 1.29 bits per heavy atom. The highest BCUT2D eigenvalue weighted by Gasteiger charge is 2.39. The summed E-state index contributed by atoms with van der Waals surface area (Å²) in [6.07, 6.45) is 6.05. The van der Waals surface area contributed by atoms with Crippen molar-refractivity contribution in [2.45, 2.75) is 51.5 Å². The van der Waals surface area contributed by atoms with Gasteiger partial charge in [0.05, 0.1) is 4.92 Å². The molecule has 1 heterocycles. The Morgan fingerprint density at radius 3 is 2.62 bits per heavy atom. The second-order valence-electron chi connectivity index (χ2n) is 6.19. The van der Waals surface area contributed by atoms with Crippen LogP contribution in [-0.2, 0) is 4.79 Å². The van der Waals surface area contributed by atoms with Crippen LogP contribution >= 0.6 is 0 Å². The van der Waals surface area contributed by atoms with Gasteiger partial charge in [-0.25, -0.2) is 0 Å². The third-order valence-electron chi connectivity index (χ3n) is 4.43. The lowest BCUT2D eigenvalue weighted by molar-refractivity contribution is -0.384. The number of hydrogen-bond donors (Lipinski definition) is 2. The summed E-state index contributed by atoms with van der Waals surface area (Å²) in [4.78, 5) is 34.7. The van der Waals surface area contributed by atoms with Gasteiger partial charge in [0.2, 0.25) is 5.91 Å². The van der Waals surface area contributed by atoms with Gasteiger partial charge in [-0.15, -0.1) is 0 Å². The normalized spacial score (nSPS) is 19.5. The van der Waals surface area contributed by atoms with Crippen molar-refractivity contribution in [3.8, 4) is 0 Å². The van der Waals surface area contributed by atoms with Gasteiger partial charge >= 0.3 is 0 Å². The van der Waals surface area contributed by atoms with Crippen molar-refractivity contribution in [1.29, 1.82) is 0 Å². The molecule has 1 aliphatic rings. The summed E-state index contributed by atoms with van der Waals surface area (Å²) in [5, 5.41) is 14.1. The van der Waals surface area contributed by atoms with E-state index < -0.39 is 22.5 Å². The first-order valence-corrected chi connectivity index (χ1v) is 8.34. The van der Waals surface area contributed by atoms with E-state index in [0.29, 0.717) is 12.1 Å². The smallest absolute Gasteiger partial charge is 0.270 e. The number of unbranched alkanes of at least 4 members (excludes halogenated alkanes) is 4. The minimum absolute atomic E-state index is 0.162. The summed E-state index contributed by atoms with van der Waals surface area (Å²) >= 11 is 0. The molecule has 1 amide bonds. The third-order valence-corrected chi connectivity index (χ3v) is 4.43. The van der Waals surface area contributed by atoms with Crippen molar-refractivity contribution >= 4 is 23.1 Å². The number of nitrogens with zero attached hydrogens (tertiary/aromatic N) is 1. The Bertz CT molecular complexity index is 645. The fourth-order valence-corrected chi connectivity index (χ4v) is 3.14. The number of benzene rings is 1. The van der Waals surface area contributed by atoms with Crippen LogP contribution in [-0.4, -0.2) is 22.7 Å². The summed E-state index contributed by atoms with van der Waals surface area (Å²) in [5.74, 6) is -2.10. The Kier molecular flexibility index (Phi) is 5.89. The number of carbonyl (C=O) groups excluding carboxylic acids is 2. The summed E-state index contributed by atoms with van der Waals surface area (Å²) in [6, 6.07) is 3.72. The highest BCUT2D eigenvalue weighted by Crippen LogP contribution is 2.33. The average Bonchev–Trinajstić information content (AvgIpc) is 2.54. The molecule has 7 nitrogen and oxygen atoms in total. The summed E-state index contributed by atoms with van der Waals surface area (Å²) < 4.78 is 0. The van der Waals surface area contributed by atoms with Crippen molar-refractivity contribution in [2.75, 3.05) is 5.32 Å². The average molecular weight is 333 g/mol. The van der Waals surface area contributed by atoms with Gasteiger partial charge < -0.3 is 11.1 Å². The van der Waals surface area contributed by atoms with E-state index in [4.69, 9.17) is 5.73 Å². The number of non-ortho nitro benzene ring substituents is 1. The van der Waals surface area contributed by atoms with Crippen LogP contribution in [0.4, 0.5) is 11.4 Å². The lowest BCUT2D eigenvalue weighted by Crippen LogP contribution is -2.46. The molecule has 0 spiro atoms. The standard InChI is InChI=1S/C17H23N3O4/c1-2-3-4-5-6-7-14-15(17(18)22)16(21)12-10-11(20(23)24)8-9-13(12)19-14/h8-10,14-15,19H,2-7H2,1H3,(H2,18,22). The Labute approximate surface area is 140 Å². The molecule has 7 heteroatoms. The molecule has 0 bridgehead atoms. The molecular weight excluding hydrogens is 310 g/mol. The third kappa shape index (κ3) is 3.90. The zero-order valence-corrected chi connectivity index (χ0v) is 13.8. The largest absolute Gasteiger partial charge is 0.380 e. The van der Waals surface area contributed by atoms with Crippen LogP contribution in [0.3, 0.4) is 0 Å². The number of carbonyl (C=O) groups is 2. The maximum atomic E-state index is 12.6. The predicted octanol–water partition coefficient (Wildman–Crippen LogP) is 3.03. The van der Waals surface area contributed by atoms with Crippen LogP contribution in [0, 0.1) is 16.0 Å². The lowest BCUT2D eigenvalue weighted by atomic mass is 9.83. The van der Waals surface area contributed by atoms with E-state index in [2.05, 4.69) is 12.2 Å². The Balaban J connectivity index is 2.17. The van der Waals surface area contributed by atoms with Gasteiger partial charge in [0.1, 0.15) is 5.92 Å². The van der Waals surface area contributed by atoms with E-state index in [1.54, 1.807) is 0 Å². The van der Waals surface area contributed by atoms with Gasteiger partial charge in [0, 0.05) is 29.4 Å². The number of anilines is 1. The second-order valence-corrected chi connectivity index (χ2v) is 6.19. The zero-order chi connectivity index (χ0) is 17.7. The molecule has 1 aromatic carbocycles. The van der Waals surface area contributed by atoms with E-state index in [1.165, 1.54) is 24.6 Å². The number of rotatable bonds is 8. The highest BCUT2D eigenvalue weighted by atomic mass is 16.6. The van der Waals surface area contributed by atoms with Crippen LogP contribution in [0.5, 0.6) is 0 Å². The number of Topliss-reactive ketones (excluding diaryl/α,β-unsaturated/α-hetero) is 1. The number of amides is 1. The number of primary amides is 1. The van der Waals surface area contributed by atoms with Crippen LogP contribution in [0.2, 0.25) is 0 Å². The zero-order valence-electron chi connectivity index (χ0n) is 13.8. The number of ketones is 1. The van der Waals surface area contributed by atoms with E-state index in [-0.39, 0.29) is 17.3 Å². The first kappa shape index (κ1) is 17.9. The molecule has 0 fully saturated rings. The van der Waals surface area contributed by atoms with Crippen LogP contribution in [0.15, 0.2) is 18.2 Å². The minimum Gasteiger partial charge on any atom is -0.380 e. The maximum absolute atomic E-state index is 12.6. The molecule has 0 saturated heterocycles. The van der Waals surface area contributed by atoms with E-state index >= 15 is 0 Å². The number of nitro groups is 1. The van der Waals surface area contributed by atoms with Crippen LogP contribution in [0.1, 0.15) is 55.8 Å². The topological polar surface area (TPSA) is 115 Å². The van der Waals surface area contributed by atoms with E-state index in [0.717, 1.165) is 25.7 Å². The van der Waals surface area contributed by atoms with Gasteiger partial charge in [0.15, 0.2) is 5.78 Å². The van der Waals surface area contributed by atoms with Crippen LogP contribution in [0.25, 0.3) is 0 Å². The molecule has 0 saturated carbocycles. The Hall–Kier alpha value is -2.44. The molecule has 2 atom stereocenters. The minimum atomic E-state index is -0.981. The fraction of sp³-hybridized carbons (Fsp3) is 0.529. The van der Waals surface area contributed by atoms with E-state index in [1.807, 2.05) is 0 Å². The van der Waals surface area contributed by atoms with Crippen LogP contribution < -0.4 is 11.1 Å². The fourth-order valence-electron chi connectivity index (χ4n) is 3.14. The molecule has 3 N–H and O–H groups in total. The van der Waals surface area contributed by atoms with E-state index in [9.17, 15) is 19.7 Å². The van der Waals surface area contributed by atoms with Gasteiger partial charge in [-0.1, -0.05) is 39.0 Å². The number of nitro benzene ring substituents is 1. The maximum Gasteiger partial charge on any atom is 0.270 e.